The van der Waals surface area contributed by atoms with Crippen LogP contribution in [0.4, 0.5) is 21.0 Å². The predicted molar refractivity (Wildman–Crippen MR) is 101 cm³/mol. The van der Waals surface area contributed by atoms with Crippen LogP contribution >= 0.6 is 0 Å². The number of benzene rings is 2. The number of hydrogen-bond donors (Lipinski definition) is 2. The molecule has 138 valence electrons. The summed E-state index contributed by atoms with van der Waals surface area (Å²) in [6.45, 7) is 0. The zero-order chi connectivity index (χ0) is 19.7. The van der Waals surface area contributed by atoms with Gasteiger partial charge < -0.3 is 14.6 Å². The molecule has 0 aliphatic rings. The van der Waals surface area contributed by atoms with Gasteiger partial charge in [-0.1, -0.05) is 30.3 Å². The number of amides is 2. The van der Waals surface area contributed by atoms with Gasteiger partial charge in [0.05, 0.1) is 11.1 Å². The summed E-state index contributed by atoms with van der Waals surface area (Å²) < 4.78 is 5.88. The van der Waals surface area contributed by atoms with Gasteiger partial charge in [0, 0.05) is 25.7 Å². The minimum atomic E-state index is -1.32. The number of rotatable bonds is 3. The molecule has 0 atom stereocenters. The number of carbonyl (C=O) groups is 2. The van der Waals surface area contributed by atoms with E-state index in [0.717, 1.165) is 9.80 Å². The SMILES string of the molecule is CN(C(=O)O)c1ccc2c(=O)cc(-c3ccccc3)oc2c1N(C)C(=O)O. The van der Waals surface area contributed by atoms with E-state index in [0.29, 0.717) is 5.56 Å². The fraction of sp³-hybridized carbons (Fsp3) is 0.105. The standard InChI is InChI=1S/C19H16N2O6/c1-20(18(23)24)13-9-8-12-14(22)10-15(11-6-4-3-5-7-11)27-17(12)16(13)21(2)19(25)26/h3-10H,1-2H3,(H,23,24)(H,25,26). The van der Waals surface area contributed by atoms with Gasteiger partial charge in [0.1, 0.15) is 11.4 Å². The van der Waals surface area contributed by atoms with Crippen LogP contribution < -0.4 is 15.2 Å². The quantitative estimate of drug-likeness (QED) is 0.729. The first-order chi connectivity index (χ1) is 12.8. The molecule has 27 heavy (non-hydrogen) atoms. The van der Waals surface area contributed by atoms with Crippen LogP contribution in [0.25, 0.3) is 22.3 Å². The molecule has 3 rings (SSSR count). The summed E-state index contributed by atoms with van der Waals surface area (Å²) in [6, 6.07) is 13.0. The molecule has 1 heterocycles. The van der Waals surface area contributed by atoms with Crippen molar-refractivity contribution in [1.82, 2.24) is 0 Å². The largest absolute Gasteiger partial charge is 0.465 e. The lowest BCUT2D eigenvalue weighted by Crippen LogP contribution is -2.30. The van der Waals surface area contributed by atoms with Crippen molar-refractivity contribution in [1.29, 1.82) is 0 Å². The number of hydrogen-bond acceptors (Lipinski definition) is 4. The van der Waals surface area contributed by atoms with Gasteiger partial charge in [-0.05, 0) is 12.1 Å². The van der Waals surface area contributed by atoms with Crippen molar-refractivity contribution in [2.45, 2.75) is 0 Å². The maximum absolute atomic E-state index is 12.6. The molecule has 0 spiro atoms. The molecule has 8 heteroatoms. The number of anilines is 2. The molecule has 3 aromatic rings. The monoisotopic (exact) mass is 368 g/mol. The average molecular weight is 368 g/mol. The highest BCUT2D eigenvalue weighted by Gasteiger charge is 2.24. The normalized spacial score (nSPS) is 10.6. The van der Waals surface area contributed by atoms with Crippen molar-refractivity contribution in [3.63, 3.8) is 0 Å². The molecular formula is C19H16N2O6. The van der Waals surface area contributed by atoms with Crippen LogP contribution in [0.5, 0.6) is 0 Å². The van der Waals surface area contributed by atoms with E-state index < -0.39 is 12.2 Å². The van der Waals surface area contributed by atoms with Gasteiger partial charge in [-0.25, -0.2) is 9.59 Å². The van der Waals surface area contributed by atoms with Gasteiger partial charge in [0.2, 0.25) is 0 Å². The van der Waals surface area contributed by atoms with Crippen LogP contribution in [0.2, 0.25) is 0 Å². The lowest BCUT2D eigenvalue weighted by Gasteiger charge is -2.23. The van der Waals surface area contributed by atoms with E-state index in [-0.39, 0.29) is 33.5 Å². The Morgan fingerprint density at radius 3 is 2.15 bits per heavy atom. The van der Waals surface area contributed by atoms with Crippen LogP contribution in [0.1, 0.15) is 0 Å². The van der Waals surface area contributed by atoms with Crippen LogP contribution in [-0.2, 0) is 0 Å². The van der Waals surface area contributed by atoms with Gasteiger partial charge in [0.15, 0.2) is 11.0 Å². The van der Waals surface area contributed by atoms with E-state index in [2.05, 4.69) is 0 Å². The van der Waals surface area contributed by atoms with E-state index in [9.17, 15) is 24.6 Å². The molecule has 0 fully saturated rings. The summed E-state index contributed by atoms with van der Waals surface area (Å²) in [5, 5.41) is 18.9. The van der Waals surface area contributed by atoms with Crippen molar-refractivity contribution >= 4 is 34.5 Å². The third-order valence-corrected chi connectivity index (χ3v) is 4.18. The summed E-state index contributed by atoms with van der Waals surface area (Å²) in [4.78, 5) is 37.2. The zero-order valence-corrected chi connectivity index (χ0v) is 14.5. The maximum Gasteiger partial charge on any atom is 0.411 e. The summed E-state index contributed by atoms with van der Waals surface area (Å²) in [7, 11) is 2.54. The topological polar surface area (TPSA) is 111 Å². The van der Waals surface area contributed by atoms with Gasteiger partial charge in [-0.15, -0.1) is 0 Å². The zero-order valence-electron chi connectivity index (χ0n) is 14.5. The minimum Gasteiger partial charge on any atom is -0.465 e. The number of carboxylic acid groups (broad SMARTS) is 2. The summed E-state index contributed by atoms with van der Waals surface area (Å²) in [5.41, 5.74) is 0.321. The van der Waals surface area contributed by atoms with Gasteiger partial charge in [0.25, 0.3) is 0 Å². The Labute approximate surface area is 153 Å². The predicted octanol–water partition coefficient (Wildman–Crippen LogP) is 3.69. The lowest BCUT2D eigenvalue weighted by atomic mass is 10.1. The smallest absolute Gasteiger partial charge is 0.411 e. The highest BCUT2D eigenvalue weighted by Crippen LogP contribution is 2.37. The van der Waals surface area contributed by atoms with Crippen LogP contribution in [0.3, 0.4) is 0 Å². The minimum absolute atomic E-state index is 0.00291. The Balaban J connectivity index is 2.40. The van der Waals surface area contributed by atoms with Crippen molar-refractivity contribution in [2.24, 2.45) is 0 Å². The molecular weight excluding hydrogens is 352 g/mol. The number of fused-ring (bicyclic) bond motifs is 1. The van der Waals surface area contributed by atoms with Crippen LogP contribution in [0, 0.1) is 0 Å². The molecule has 0 radical (unpaired) electrons. The molecule has 0 aliphatic heterocycles. The first-order valence-corrected chi connectivity index (χ1v) is 7.91. The summed E-state index contributed by atoms with van der Waals surface area (Å²) >= 11 is 0. The van der Waals surface area contributed by atoms with E-state index in [4.69, 9.17) is 4.42 Å². The van der Waals surface area contributed by atoms with Crippen molar-refractivity contribution < 1.29 is 24.2 Å². The van der Waals surface area contributed by atoms with E-state index >= 15 is 0 Å². The Morgan fingerprint density at radius 1 is 0.926 bits per heavy atom. The lowest BCUT2D eigenvalue weighted by molar-refractivity contribution is 0.201. The second kappa shape index (κ2) is 6.83. The Hall–Kier alpha value is -3.81. The first kappa shape index (κ1) is 18.0. The van der Waals surface area contributed by atoms with E-state index in [1.165, 1.54) is 32.3 Å². The second-order valence-corrected chi connectivity index (χ2v) is 5.83. The Morgan fingerprint density at radius 2 is 1.56 bits per heavy atom. The van der Waals surface area contributed by atoms with E-state index in [1.54, 1.807) is 24.3 Å². The summed E-state index contributed by atoms with van der Waals surface area (Å²) in [5.74, 6) is 0.253. The molecule has 2 aromatic carbocycles. The average Bonchev–Trinajstić information content (AvgIpc) is 2.66. The number of nitrogens with zero attached hydrogens (tertiary/aromatic N) is 2. The van der Waals surface area contributed by atoms with E-state index in [1.807, 2.05) is 6.07 Å². The fourth-order valence-electron chi connectivity index (χ4n) is 2.73. The third-order valence-electron chi connectivity index (χ3n) is 4.18. The molecule has 0 bridgehead atoms. The molecule has 0 aliphatic carbocycles. The first-order valence-electron chi connectivity index (χ1n) is 7.91. The molecule has 2 amide bonds. The summed E-state index contributed by atoms with van der Waals surface area (Å²) in [6.07, 6.45) is -2.61. The van der Waals surface area contributed by atoms with Gasteiger partial charge >= 0.3 is 12.2 Å². The van der Waals surface area contributed by atoms with Crippen molar-refractivity contribution in [3.05, 3.63) is 58.8 Å². The van der Waals surface area contributed by atoms with Crippen LogP contribution in [0.15, 0.2) is 57.7 Å². The molecule has 1 aromatic heterocycles. The molecule has 2 N–H and O–H groups in total. The van der Waals surface area contributed by atoms with Gasteiger partial charge in [-0.3, -0.25) is 14.6 Å². The molecule has 0 unspecified atom stereocenters. The Bertz CT molecular complexity index is 1090. The van der Waals surface area contributed by atoms with Crippen LogP contribution in [-0.4, -0.2) is 36.5 Å². The second-order valence-electron chi connectivity index (χ2n) is 5.83. The maximum atomic E-state index is 12.6. The highest BCUT2D eigenvalue weighted by molar-refractivity contribution is 6.06. The molecule has 8 nitrogen and oxygen atoms in total. The Kier molecular flexibility index (Phi) is 4.55. The third kappa shape index (κ3) is 3.20. The molecule has 0 saturated heterocycles. The van der Waals surface area contributed by atoms with Crippen molar-refractivity contribution in [3.8, 4) is 11.3 Å². The van der Waals surface area contributed by atoms with Gasteiger partial charge in [-0.2, -0.15) is 0 Å². The highest BCUT2D eigenvalue weighted by atomic mass is 16.4. The fourth-order valence-corrected chi connectivity index (χ4v) is 2.73. The molecule has 0 saturated carbocycles. The van der Waals surface area contributed by atoms with Crippen molar-refractivity contribution in [2.75, 3.05) is 23.9 Å².